The molecule has 7 heteroatoms. The summed E-state index contributed by atoms with van der Waals surface area (Å²) in [5.74, 6) is 0.803. The molecule has 2 N–H and O–H groups in total. The number of methoxy groups -OCH3 is 1. The SMILES string of the molecule is COCC(CC(C)C)NC1=N/C(=C\c2ccc3ncsc3c2)C(=O)N1. The van der Waals surface area contributed by atoms with Gasteiger partial charge in [-0.15, -0.1) is 11.3 Å². The van der Waals surface area contributed by atoms with Gasteiger partial charge < -0.3 is 10.1 Å². The third kappa shape index (κ3) is 4.43. The number of hydrogen-bond acceptors (Lipinski definition) is 6. The normalized spacial score (nSPS) is 17.2. The van der Waals surface area contributed by atoms with Gasteiger partial charge in [0.1, 0.15) is 5.70 Å². The van der Waals surface area contributed by atoms with Gasteiger partial charge in [0.05, 0.1) is 28.4 Å². The Labute approximate surface area is 151 Å². The standard InChI is InChI=1S/C18H22N4O2S/c1-11(2)6-13(9-24-3)20-18-21-15(17(23)22-18)7-12-4-5-14-16(8-12)25-10-19-14/h4-5,7-8,10-11,13H,6,9H2,1-3H3,(H2,20,21,22,23)/b15-7-. The summed E-state index contributed by atoms with van der Waals surface area (Å²) in [7, 11) is 1.67. The molecule has 1 aliphatic rings. The van der Waals surface area contributed by atoms with Gasteiger partial charge in [0.2, 0.25) is 5.96 Å². The third-order valence-corrected chi connectivity index (χ3v) is 4.61. The lowest BCUT2D eigenvalue weighted by Gasteiger charge is -2.20. The average molecular weight is 358 g/mol. The highest BCUT2D eigenvalue weighted by molar-refractivity contribution is 7.16. The van der Waals surface area contributed by atoms with Crippen LogP contribution in [0, 0.1) is 5.92 Å². The van der Waals surface area contributed by atoms with Gasteiger partial charge in [-0.25, -0.2) is 9.98 Å². The molecule has 2 aromatic rings. The van der Waals surface area contributed by atoms with Crippen molar-refractivity contribution in [2.75, 3.05) is 13.7 Å². The number of aliphatic imine (C=N–C) groups is 1. The predicted octanol–water partition coefficient (Wildman–Crippen LogP) is 2.77. The van der Waals surface area contributed by atoms with Crippen molar-refractivity contribution in [3.63, 3.8) is 0 Å². The zero-order valence-corrected chi connectivity index (χ0v) is 15.4. The Morgan fingerprint density at radius 1 is 1.40 bits per heavy atom. The summed E-state index contributed by atoms with van der Waals surface area (Å²) in [4.78, 5) is 20.9. The lowest BCUT2D eigenvalue weighted by molar-refractivity contribution is -0.115. The Balaban J connectivity index is 1.76. The molecule has 1 aromatic heterocycles. The molecule has 0 aliphatic carbocycles. The number of thiazole rings is 1. The van der Waals surface area contributed by atoms with Crippen molar-refractivity contribution in [1.29, 1.82) is 0 Å². The molecule has 1 aromatic carbocycles. The van der Waals surface area contributed by atoms with Crippen LogP contribution in [0.15, 0.2) is 34.4 Å². The minimum atomic E-state index is -0.201. The lowest BCUT2D eigenvalue weighted by atomic mass is 10.0. The molecule has 132 valence electrons. The highest BCUT2D eigenvalue weighted by Crippen LogP contribution is 2.21. The number of carbonyl (C=O) groups is 1. The van der Waals surface area contributed by atoms with E-state index in [4.69, 9.17) is 4.74 Å². The number of carbonyl (C=O) groups excluding carboxylic acids is 1. The number of guanidine groups is 1. The number of aromatic nitrogens is 1. The molecule has 0 bridgehead atoms. The zero-order chi connectivity index (χ0) is 17.8. The highest BCUT2D eigenvalue weighted by atomic mass is 32.1. The summed E-state index contributed by atoms with van der Waals surface area (Å²) in [5.41, 5.74) is 4.11. The minimum absolute atomic E-state index is 0.108. The van der Waals surface area contributed by atoms with Crippen LogP contribution in [-0.2, 0) is 9.53 Å². The van der Waals surface area contributed by atoms with E-state index < -0.39 is 0 Å². The first-order valence-electron chi connectivity index (χ1n) is 8.25. The molecule has 6 nitrogen and oxygen atoms in total. The van der Waals surface area contributed by atoms with Crippen molar-refractivity contribution in [1.82, 2.24) is 15.6 Å². The van der Waals surface area contributed by atoms with E-state index >= 15 is 0 Å². The first kappa shape index (κ1) is 17.6. The number of ether oxygens (including phenoxy) is 1. The number of rotatable bonds is 6. The van der Waals surface area contributed by atoms with Gasteiger partial charge in [0.15, 0.2) is 0 Å². The summed E-state index contributed by atoms with van der Waals surface area (Å²) in [5, 5.41) is 6.05. The molecule has 0 spiro atoms. The van der Waals surface area contributed by atoms with E-state index in [0.29, 0.717) is 24.2 Å². The van der Waals surface area contributed by atoms with Crippen molar-refractivity contribution < 1.29 is 9.53 Å². The summed E-state index contributed by atoms with van der Waals surface area (Å²) >= 11 is 1.58. The van der Waals surface area contributed by atoms with Gasteiger partial charge in [0.25, 0.3) is 5.91 Å². The number of hydrogen-bond donors (Lipinski definition) is 2. The second kappa shape index (κ2) is 7.76. The van der Waals surface area contributed by atoms with Gasteiger partial charge in [0, 0.05) is 7.11 Å². The first-order chi connectivity index (χ1) is 12.0. The Morgan fingerprint density at radius 3 is 3.00 bits per heavy atom. The van der Waals surface area contributed by atoms with Gasteiger partial charge in [-0.2, -0.15) is 0 Å². The topological polar surface area (TPSA) is 75.6 Å². The Morgan fingerprint density at radius 2 is 2.24 bits per heavy atom. The van der Waals surface area contributed by atoms with E-state index in [0.717, 1.165) is 22.2 Å². The maximum Gasteiger partial charge on any atom is 0.276 e. The molecular formula is C18H22N4O2S. The van der Waals surface area contributed by atoms with Crippen molar-refractivity contribution in [2.24, 2.45) is 10.9 Å². The summed E-state index contributed by atoms with van der Waals surface area (Å²) < 4.78 is 6.34. The molecule has 3 rings (SSSR count). The summed E-state index contributed by atoms with van der Waals surface area (Å²) in [6.07, 6.45) is 2.72. The quantitative estimate of drug-likeness (QED) is 0.779. The van der Waals surface area contributed by atoms with Crippen LogP contribution in [0.1, 0.15) is 25.8 Å². The minimum Gasteiger partial charge on any atom is -0.383 e. The smallest absolute Gasteiger partial charge is 0.276 e. The number of nitrogens with zero attached hydrogens (tertiary/aromatic N) is 2. The van der Waals surface area contributed by atoms with E-state index in [9.17, 15) is 4.79 Å². The third-order valence-electron chi connectivity index (χ3n) is 3.82. The largest absolute Gasteiger partial charge is 0.383 e. The molecule has 1 unspecified atom stereocenters. The van der Waals surface area contributed by atoms with Gasteiger partial charge in [-0.1, -0.05) is 19.9 Å². The fourth-order valence-corrected chi connectivity index (χ4v) is 3.51. The van der Waals surface area contributed by atoms with Crippen LogP contribution in [-0.4, -0.2) is 36.6 Å². The number of amides is 1. The Hall–Kier alpha value is -2.25. The molecule has 1 aliphatic heterocycles. The number of nitrogens with one attached hydrogen (secondary N) is 2. The molecular weight excluding hydrogens is 336 g/mol. The van der Waals surface area contributed by atoms with Crippen LogP contribution >= 0.6 is 11.3 Å². The van der Waals surface area contributed by atoms with Crippen LogP contribution in [0.4, 0.5) is 0 Å². The number of fused-ring (bicyclic) bond motifs is 1. The molecule has 0 radical (unpaired) electrons. The van der Waals surface area contributed by atoms with Crippen LogP contribution in [0.3, 0.4) is 0 Å². The van der Waals surface area contributed by atoms with E-state index in [1.54, 1.807) is 24.5 Å². The monoisotopic (exact) mass is 358 g/mol. The van der Waals surface area contributed by atoms with E-state index in [2.05, 4.69) is 34.5 Å². The predicted molar refractivity (Wildman–Crippen MR) is 101 cm³/mol. The van der Waals surface area contributed by atoms with E-state index in [1.807, 2.05) is 23.7 Å². The molecule has 0 saturated carbocycles. The van der Waals surface area contributed by atoms with Gasteiger partial charge in [-0.3, -0.25) is 10.1 Å². The lowest BCUT2D eigenvalue weighted by Crippen LogP contribution is -2.45. The molecule has 2 heterocycles. The van der Waals surface area contributed by atoms with Crippen molar-refractivity contribution >= 4 is 39.5 Å². The van der Waals surface area contributed by atoms with Crippen molar-refractivity contribution in [3.05, 3.63) is 35.0 Å². The highest BCUT2D eigenvalue weighted by Gasteiger charge is 2.22. The first-order valence-corrected chi connectivity index (χ1v) is 9.13. The molecule has 1 atom stereocenters. The van der Waals surface area contributed by atoms with Crippen LogP contribution in [0.2, 0.25) is 0 Å². The maximum atomic E-state index is 12.2. The maximum absolute atomic E-state index is 12.2. The fourth-order valence-electron chi connectivity index (χ4n) is 2.79. The van der Waals surface area contributed by atoms with Crippen LogP contribution in [0.5, 0.6) is 0 Å². The molecule has 1 amide bonds. The summed E-state index contributed by atoms with van der Waals surface area (Å²) in [6.45, 7) is 4.87. The van der Waals surface area contributed by atoms with Crippen molar-refractivity contribution in [3.8, 4) is 0 Å². The Bertz CT molecular complexity index is 825. The molecule has 0 fully saturated rings. The second-order valence-corrected chi connectivity index (χ2v) is 7.34. The van der Waals surface area contributed by atoms with Crippen LogP contribution < -0.4 is 10.6 Å². The number of benzene rings is 1. The van der Waals surface area contributed by atoms with Gasteiger partial charge in [-0.05, 0) is 36.1 Å². The second-order valence-electron chi connectivity index (χ2n) is 6.45. The molecule has 0 saturated heterocycles. The summed E-state index contributed by atoms with van der Waals surface area (Å²) in [6, 6.07) is 6.01. The Kier molecular flexibility index (Phi) is 5.45. The fraction of sp³-hybridized carbons (Fsp3) is 0.389. The average Bonchev–Trinajstić information content (AvgIpc) is 3.13. The van der Waals surface area contributed by atoms with Crippen molar-refractivity contribution in [2.45, 2.75) is 26.3 Å². The van der Waals surface area contributed by atoms with E-state index in [1.165, 1.54) is 0 Å². The molecule has 25 heavy (non-hydrogen) atoms. The van der Waals surface area contributed by atoms with Crippen LogP contribution in [0.25, 0.3) is 16.3 Å². The van der Waals surface area contributed by atoms with E-state index in [-0.39, 0.29) is 11.9 Å². The zero-order valence-electron chi connectivity index (χ0n) is 14.6. The van der Waals surface area contributed by atoms with Gasteiger partial charge >= 0.3 is 0 Å².